The fraction of sp³-hybridized carbons (Fsp3) is 0.514. The van der Waals surface area contributed by atoms with Crippen LogP contribution in [0.2, 0.25) is 0 Å². The van der Waals surface area contributed by atoms with Crippen LogP contribution >= 0.6 is 0 Å². The average Bonchev–Trinajstić information content (AvgIpc) is 3.40. The molecule has 1 amide bonds. The predicted molar refractivity (Wildman–Crippen MR) is 183 cm³/mol. The van der Waals surface area contributed by atoms with E-state index in [4.69, 9.17) is 14.0 Å². The molecule has 0 spiro atoms. The van der Waals surface area contributed by atoms with E-state index >= 15 is 0 Å². The number of nitrogens with one attached hydrogen (secondary N) is 1. The zero-order chi connectivity index (χ0) is 35.9. The van der Waals surface area contributed by atoms with E-state index in [0.29, 0.717) is 31.9 Å². The van der Waals surface area contributed by atoms with Crippen molar-refractivity contribution in [2.24, 2.45) is 5.92 Å². The number of ether oxygens (including phenoxy) is 2. The van der Waals surface area contributed by atoms with Gasteiger partial charge in [-0.3, -0.25) is 14.4 Å². The number of amides is 1. The first-order valence-corrected chi connectivity index (χ1v) is 18.0. The molecule has 4 rings (SSSR count). The standard InChI is InChI=1S/C35H48N4O9S/c1-22-18-39(23(2)21-40)34(41)30-17-29(37-49(44,45)33-25(4)36-48-26(33)5)14-15-31(30)47-24(3)9-7-8-16-46-32(22)20-38(6)19-27-10-12-28(13-11-27)35(42)43/h10-15,17,22-24,32,37,40H,7-9,16,18-21H2,1-6H3,(H,42,43)/t22-,23+,24-,32-/m1/s1. The fourth-order valence-electron chi connectivity index (χ4n) is 5.95. The quantitative estimate of drug-likeness (QED) is 0.267. The Morgan fingerprint density at radius 2 is 1.86 bits per heavy atom. The number of likely N-dealkylation sites (N-methyl/N-ethyl adjacent to an activating group) is 1. The van der Waals surface area contributed by atoms with Gasteiger partial charge in [-0.1, -0.05) is 24.2 Å². The summed E-state index contributed by atoms with van der Waals surface area (Å²) in [6.45, 7) is 10.3. The molecule has 0 saturated carbocycles. The van der Waals surface area contributed by atoms with Gasteiger partial charge in [-0.05, 0) is 89.9 Å². The van der Waals surface area contributed by atoms with Gasteiger partial charge in [0.2, 0.25) is 0 Å². The van der Waals surface area contributed by atoms with Crippen molar-refractivity contribution in [2.45, 2.75) is 83.6 Å². The SMILES string of the molecule is Cc1noc(C)c1S(=O)(=O)Nc1ccc2c(c1)C(=O)N([C@@H](C)CO)C[C@@H](C)[C@@H](CN(C)Cc1ccc(C(=O)O)cc1)OCCCC[C@@H](C)O2. The maximum atomic E-state index is 14.4. The Balaban J connectivity index is 1.63. The number of aliphatic hydroxyl groups is 1. The highest BCUT2D eigenvalue weighted by Crippen LogP contribution is 2.30. The molecule has 2 aromatic carbocycles. The van der Waals surface area contributed by atoms with E-state index in [9.17, 15) is 28.2 Å². The van der Waals surface area contributed by atoms with Crippen LogP contribution in [0.1, 0.15) is 77.8 Å². The summed E-state index contributed by atoms with van der Waals surface area (Å²) >= 11 is 0. The van der Waals surface area contributed by atoms with Gasteiger partial charge in [-0.25, -0.2) is 13.2 Å². The number of fused-ring (bicyclic) bond motifs is 1. The molecule has 1 aromatic heterocycles. The predicted octanol–water partition coefficient (Wildman–Crippen LogP) is 4.72. The largest absolute Gasteiger partial charge is 0.490 e. The Morgan fingerprint density at radius 3 is 2.49 bits per heavy atom. The van der Waals surface area contributed by atoms with Crippen molar-refractivity contribution in [3.05, 3.63) is 70.6 Å². The molecule has 3 N–H and O–H groups in total. The Bertz CT molecular complexity index is 1670. The van der Waals surface area contributed by atoms with Crippen LogP contribution in [-0.4, -0.2) is 97.1 Å². The zero-order valence-corrected chi connectivity index (χ0v) is 29.8. The highest BCUT2D eigenvalue weighted by atomic mass is 32.2. The Hall–Kier alpha value is -3.98. The molecule has 0 fully saturated rings. The molecule has 14 heteroatoms. The van der Waals surface area contributed by atoms with Crippen LogP contribution < -0.4 is 9.46 Å². The second kappa shape index (κ2) is 16.6. The number of carbonyl (C=O) groups is 2. The third kappa shape index (κ3) is 9.81. The van der Waals surface area contributed by atoms with Crippen molar-refractivity contribution in [3.63, 3.8) is 0 Å². The lowest BCUT2D eigenvalue weighted by atomic mass is 10.0. The van der Waals surface area contributed by atoms with Gasteiger partial charge < -0.3 is 29.1 Å². The molecule has 3 aromatic rings. The van der Waals surface area contributed by atoms with Gasteiger partial charge in [0.15, 0.2) is 10.7 Å². The van der Waals surface area contributed by atoms with Gasteiger partial charge in [0.1, 0.15) is 11.4 Å². The summed E-state index contributed by atoms with van der Waals surface area (Å²) in [5.74, 6) is -1.10. The van der Waals surface area contributed by atoms with Gasteiger partial charge in [0, 0.05) is 37.8 Å². The normalized spacial score (nSPS) is 20.3. The molecule has 4 atom stereocenters. The van der Waals surface area contributed by atoms with Crippen molar-refractivity contribution in [1.82, 2.24) is 15.0 Å². The number of carbonyl (C=O) groups excluding carboxylic acids is 1. The van der Waals surface area contributed by atoms with Gasteiger partial charge in [0.25, 0.3) is 15.9 Å². The Morgan fingerprint density at radius 1 is 1.14 bits per heavy atom. The summed E-state index contributed by atoms with van der Waals surface area (Å²) in [4.78, 5) is 29.3. The number of benzene rings is 2. The molecule has 49 heavy (non-hydrogen) atoms. The van der Waals surface area contributed by atoms with Crippen LogP contribution in [0, 0.1) is 19.8 Å². The van der Waals surface area contributed by atoms with Crippen molar-refractivity contribution in [1.29, 1.82) is 0 Å². The molecule has 0 saturated heterocycles. The van der Waals surface area contributed by atoms with E-state index in [-0.39, 0.29) is 64.4 Å². The van der Waals surface area contributed by atoms with E-state index in [2.05, 4.69) is 14.8 Å². The summed E-state index contributed by atoms with van der Waals surface area (Å²) in [6.07, 6.45) is 1.84. The van der Waals surface area contributed by atoms with E-state index in [0.717, 1.165) is 18.4 Å². The van der Waals surface area contributed by atoms with Gasteiger partial charge in [-0.2, -0.15) is 0 Å². The molecule has 0 aliphatic carbocycles. The Labute approximate surface area is 288 Å². The number of carboxylic acids is 1. The molecule has 0 bridgehead atoms. The maximum Gasteiger partial charge on any atom is 0.335 e. The van der Waals surface area contributed by atoms with E-state index in [1.807, 2.05) is 20.9 Å². The number of aromatic nitrogens is 1. The molecular formula is C35H48N4O9S. The molecule has 1 aliphatic rings. The lowest BCUT2D eigenvalue weighted by molar-refractivity contribution is -0.0177. The maximum absolute atomic E-state index is 14.4. The van der Waals surface area contributed by atoms with Crippen LogP contribution in [0.5, 0.6) is 5.75 Å². The minimum Gasteiger partial charge on any atom is -0.490 e. The smallest absolute Gasteiger partial charge is 0.335 e. The van der Waals surface area contributed by atoms with Gasteiger partial charge >= 0.3 is 5.97 Å². The molecule has 0 radical (unpaired) electrons. The first-order valence-electron chi connectivity index (χ1n) is 16.5. The summed E-state index contributed by atoms with van der Waals surface area (Å²) in [7, 11) is -2.12. The van der Waals surface area contributed by atoms with Crippen molar-refractivity contribution < 1.29 is 42.2 Å². The van der Waals surface area contributed by atoms with Crippen LogP contribution in [0.3, 0.4) is 0 Å². The summed E-state index contributed by atoms with van der Waals surface area (Å²) < 4.78 is 46.9. The first-order chi connectivity index (χ1) is 23.2. The molecular weight excluding hydrogens is 652 g/mol. The number of anilines is 1. The Kier molecular flexibility index (Phi) is 12.8. The fourth-order valence-corrected chi connectivity index (χ4v) is 7.33. The van der Waals surface area contributed by atoms with Crippen LogP contribution in [-0.2, 0) is 21.3 Å². The minimum atomic E-state index is -4.09. The summed E-state index contributed by atoms with van der Waals surface area (Å²) in [5, 5.41) is 23.2. The summed E-state index contributed by atoms with van der Waals surface area (Å²) in [5.41, 5.74) is 1.72. The van der Waals surface area contributed by atoms with Crippen molar-refractivity contribution in [3.8, 4) is 5.75 Å². The molecule has 1 aliphatic heterocycles. The lowest BCUT2D eigenvalue weighted by Gasteiger charge is -2.36. The second-order valence-electron chi connectivity index (χ2n) is 13.0. The number of carboxylic acid groups (broad SMARTS) is 1. The van der Waals surface area contributed by atoms with Gasteiger partial charge in [0.05, 0.1) is 36.0 Å². The highest BCUT2D eigenvalue weighted by Gasteiger charge is 2.31. The molecule has 0 unspecified atom stereocenters. The average molecular weight is 701 g/mol. The number of aryl methyl sites for hydroxylation is 2. The number of hydrogen-bond donors (Lipinski definition) is 3. The number of hydrogen-bond acceptors (Lipinski definition) is 10. The number of aromatic carboxylic acids is 1. The second-order valence-corrected chi connectivity index (χ2v) is 14.6. The molecule has 13 nitrogen and oxygen atoms in total. The lowest BCUT2D eigenvalue weighted by Crippen LogP contribution is -2.47. The monoisotopic (exact) mass is 700 g/mol. The zero-order valence-electron chi connectivity index (χ0n) is 29.0. The van der Waals surface area contributed by atoms with E-state index in [1.165, 1.54) is 19.9 Å². The first kappa shape index (κ1) is 37.8. The third-order valence-electron chi connectivity index (χ3n) is 8.69. The van der Waals surface area contributed by atoms with E-state index < -0.39 is 27.9 Å². The summed E-state index contributed by atoms with van der Waals surface area (Å²) in [6, 6.07) is 10.8. The third-order valence-corrected chi connectivity index (χ3v) is 10.3. The minimum absolute atomic E-state index is 0.0681. The topological polar surface area (TPSA) is 172 Å². The van der Waals surface area contributed by atoms with Crippen LogP contribution in [0.25, 0.3) is 0 Å². The van der Waals surface area contributed by atoms with Crippen molar-refractivity contribution >= 4 is 27.6 Å². The molecule has 268 valence electrons. The number of rotatable bonds is 10. The highest BCUT2D eigenvalue weighted by molar-refractivity contribution is 7.92. The number of nitrogens with zero attached hydrogens (tertiary/aromatic N) is 3. The number of aliphatic hydroxyl groups excluding tert-OH is 1. The van der Waals surface area contributed by atoms with E-state index in [1.54, 1.807) is 48.2 Å². The van der Waals surface area contributed by atoms with Crippen LogP contribution in [0.15, 0.2) is 51.9 Å². The van der Waals surface area contributed by atoms with Gasteiger partial charge in [-0.15, -0.1) is 0 Å². The van der Waals surface area contributed by atoms with Crippen molar-refractivity contribution in [2.75, 3.05) is 38.1 Å². The molecule has 2 heterocycles. The number of sulfonamides is 1. The van der Waals surface area contributed by atoms with Crippen LogP contribution in [0.4, 0.5) is 5.69 Å².